The van der Waals surface area contributed by atoms with Gasteiger partial charge in [-0.25, -0.2) is 26.5 Å². The van der Waals surface area contributed by atoms with E-state index in [0.717, 1.165) is 19.5 Å². The highest BCUT2D eigenvalue weighted by molar-refractivity contribution is 7.89. The van der Waals surface area contributed by atoms with E-state index in [1.807, 2.05) is 17.3 Å². The summed E-state index contributed by atoms with van der Waals surface area (Å²) in [5, 5.41) is 22.0. The highest BCUT2D eigenvalue weighted by atomic mass is 32.2. The second-order valence-corrected chi connectivity index (χ2v) is 14.6. The van der Waals surface area contributed by atoms with Gasteiger partial charge in [0.15, 0.2) is 5.95 Å². The van der Waals surface area contributed by atoms with Gasteiger partial charge in [-0.15, -0.1) is 0 Å². The molecule has 2 heterocycles. The largest absolute Gasteiger partial charge is 0.480 e. The number of aliphatic carboxylic acids is 1. The molecule has 0 bridgehead atoms. The number of nitrogens with zero attached hydrogens (tertiary/aromatic N) is 3. The minimum Gasteiger partial charge on any atom is -0.480 e. The number of carboxylic acids is 1. The molecule has 0 spiro atoms. The minimum atomic E-state index is -4.26. The summed E-state index contributed by atoms with van der Waals surface area (Å²) in [7, 11) is -6.55. The van der Waals surface area contributed by atoms with Crippen LogP contribution in [0.4, 0.5) is 5.95 Å². The molecular weight excluding hydrogens is 649 g/mol. The van der Waals surface area contributed by atoms with Crippen molar-refractivity contribution in [2.75, 3.05) is 32.0 Å². The standard InChI is InChI=1S/C30H36N8O7S2/c1-31-46(42,43)24-8-3-20(4-9-24)21-5-10-25(11-6-21)47(44,45)37-26(29(40)41)19-35-28(39)22-7-12-27-23(17-22)18-36-38(27)16-2-13-32-30-33-14-15-34-30/h3-11,14-15,18,23,26-27,31,37H,2,12-13,16-17,19H2,1H3,(H,35,39)(H,40,41)(H2,32,33,34). The Bertz CT molecular complexity index is 1840. The number of carboxylic acid groups (broad SMARTS) is 1. The van der Waals surface area contributed by atoms with Crippen molar-refractivity contribution in [2.45, 2.75) is 41.1 Å². The van der Waals surface area contributed by atoms with Crippen molar-refractivity contribution in [3.63, 3.8) is 0 Å². The Labute approximate surface area is 272 Å². The summed E-state index contributed by atoms with van der Waals surface area (Å²) < 4.78 is 54.4. The van der Waals surface area contributed by atoms with Crippen molar-refractivity contribution < 1.29 is 31.5 Å². The Morgan fingerprint density at radius 3 is 2.28 bits per heavy atom. The first kappa shape index (κ1) is 33.8. The van der Waals surface area contributed by atoms with E-state index in [9.17, 15) is 31.5 Å². The zero-order chi connectivity index (χ0) is 33.6. The van der Waals surface area contributed by atoms with Crippen molar-refractivity contribution in [1.82, 2.24) is 29.7 Å². The van der Waals surface area contributed by atoms with Crippen molar-refractivity contribution in [1.29, 1.82) is 0 Å². The van der Waals surface area contributed by atoms with Crippen LogP contribution in [-0.4, -0.2) is 93.8 Å². The topological polar surface area (TPSA) is 215 Å². The number of aromatic nitrogens is 2. The normalized spacial score (nSPS) is 18.3. The summed E-state index contributed by atoms with van der Waals surface area (Å²) in [6.07, 6.45) is 8.97. The van der Waals surface area contributed by atoms with Gasteiger partial charge in [0.05, 0.1) is 15.8 Å². The fourth-order valence-corrected chi connectivity index (χ4v) is 7.31. The molecule has 17 heteroatoms. The Kier molecular flexibility index (Phi) is 10.4. The van der Waals surface area contributed by atoms with Gasteiger partial charge in [-0.1, -0.05) is 30.3 Å². The maximum Gasteiger partial charge on any atom is 0.323 e. The fourth-order valence-electron chi connectivity index (χ4n) is 5.40. The monoisotopic (exact) mass is 684 g/mol. The molecule has 0 saturated heterocycles. The third-order valence-corrected chi connectivity index (χ3v) is 10.9. The van der Waals surface area contributed by atoms with Gasteiger partial charge in [-0.3, -0.25) is 14.6 Å². The molecule has 0 radical (unpaired) electrons. The van der Waals surface area contributed by atoms with E-state index >= 15 is 0 Å². The second-order valence-electron chi connectivity index (χ2n) is 11.0. The van der Waals surface area contributed by atoms with Crippen LogP contribution in [0.3, 0.4) is 0 Å². The van der Waals surface area contributed by atoms with Crippen molar-refractivity contribution in [3.05, 3.63) is 72.6 Å². The Balaban J connectivity index is 1.13. The summed E-state index contributed by atoms with van der Waals surface area (Å²) in [6, 6.07) is 10.3. The number of carbonyl (C=O) groups is 2. The lowest BCUT2D eigenvalue weighted by Gasteiger charge is -2.30. The average molecular weight is 685 g/mol. The van der Waals surface area contributed by atoms with Crippen LogP contribution in [-0.2, 0) is 29.6 Å². The lowest BCUT2D eigenvalue weighted by atomic mass is 9.85. The van der Waals surface area contributed by atoms with Gasteiger partial charge in [0.2, 0.25) is 26.0 Å². The summed E-state index contributed by atoms with van der Waals surface area (Å²) in [5.74, 6) is -1.15. The van der Waals surface area contributed by atoms with E-state index in [0.29, 0.717) is 35.5 Å². The van der Waals surface area contributed by atoms with Crippen LogP contribution >= 0.6 is 0 Å². The summed E-state index contributed by atoms with van der Waals surface area (Å²) >= 11 is 0. The van der Waals surface area contributed by atoms with Gasteiger partial charge in [-0.05, 0) is 61.7 Å². The minimum absolute atomic E-state index is 0.0369. The number of imidazole rings is 1. The number of benzene rings is 2. The maximum atomic E-state index is 13.0. The lowest BCUT2D eigenvalue weighted by molar-refractivity contribution is -0.138. The van der Waals surface area contributed by atoms with E-state index in [1.165, 1.54) is 43.4 Å². The maximum absolute atomic E-state index is 13.0. The number of nitrogens with one attached hydrogen (secondary N) is 5. The predicted octanol–water partition coefficient (Wildman–Crippen LogP) is 1.34. The third-order valence-electron chi connectivity index (χ3n) is 7.98. The molecule has 2 aromatic carbocycles. The van der Waals surface area contributed by atoms with E-state index in [-0.39, 0.29) is 21.8 Å². The lowest BCUT2D eigenvalue weighted by Crippen LogP contribution is -2.48. The average Bonchev–Trinajstić information content (AvgIpc) is 3.74. The number of carbonyl (C=O) groups excluding carboxylic acids is 1. The number of H-pyrrole nitrogens is 1. The first-order valence-electron chi connectivity index (χ1n) is 14.9. The van der Waals surface area contributed by atoms with E-state index in [1.54, 1.807) is 24.5 Å². The highest BCUT2D eigenvalue weighted by Gasteiger charge is 2.35. The van der Waals surface area contributed by atoms with Crippen LogP contribution in [0.1, 0.15) is 19.3 Å². The number of hydrazone groups is 1. The molecule has 6 N–H and O–H groups in total. The molecule has 1 amide bonds. The zero-order valence-corrected chi connectivity index (χ0v) is 27.1. The summed E-state index contributed by atoms with van der Waals surface area (Å²) in [4.78, 5) is 31.9. The molecule has 0 saturated carbocycles. The highest BCUT2D eigenvalue weighted by Crippen LogP contribution is 2.31. The van der Waals surface area contributed by atoms with Gasteiger partial charge in [0, 0.05) is 49.7 Å². The van der Waals surface area contributed by atoms with Crippen LogP contribution in [0, 0.1) is 5.92 Å². The first-order valence-corrected chi connectivity index (χ1v) is 17.8. The number of aromatic amines is 1. The van der Waals surface area contributed by atoms with Crippen molar-refractivity contribution in [2.24, 2.45) is 11.0 Å². The van der Waals surface area contributed by atoms with Gasteiger partial charge in [-0.2, -0.15) is 9.82 Å². The molecular formula is C30H36N8O7S2. The molecule has 15 nitrogen and oxygen atoms in total. The molecule has 1 aliphatic heterocycles. The quantitative estimate of drug-likeness (QED) is 0.126. The van der Waals surface area contributed by atoms with E-state index in [2.05, 4.69) is 35.1 Å². The van der Waals surface area contributed by atoms with Crippen molar-refractivity contribution >= 4 is 44.1 Å². The van der Waals surface area contributed by atoms with Crippen LogP contribution in [0.2, 0.25) is 0 Å². The molecule has 2 aliphatic rings. The van der Waals surface area contributed by atoms with Crippen LogP contribution in [0.25, 0.3) is 11.1 Å². The molecule has 5 rings (SSSR count). The number of hydrogen-bond donors (Lipinski definition) is 6. The molecule has 3 aromatic rings. The van der Waals surface area contributed by atoms with Gasteiger partial charge < -0.3 is 20.7 Å². The van der Waals surface area contributed by atoms with Gasteiger partial charge in [0.1, 0.15) is 6.04 Å². The smallest absolute Gasteiger partial charge is 0.323 e. The molecule has 0 fully saturated rings. The number of anilines is 1. The predicted molar refractivity (Wildman–Crippen MR) is 174 cm³/mol. The second kappa shape index (κ2) is 14.5. The van der Waals surface area contributed by atoms with Crippen LogP contribution in [0.5, 0.6) is 0 Å². The number of hydrogen-bond acceptors (Lipinski definition) is 10. The van der Waals surface area contributed by atoms with E-state index < -0.39 is 44.5 Å². The molecule has 47 heavy (non-hydrogen) atoms. The Morgan fingerprint density at radius 2 is 1.68 bits per heavy atom. The molecule has 250 valence electrons. The van der Waals surface area contributed by atoms with E-state index in [4.69, 9.17) is 0 Å². The fraction of sp³-hybridized carbons (Fsp3) is 0.333. The van der Waals surface area contributed by atoms with Crippen LogP contribution < -0.4 is 20.1 Å². The molecule has 3 unspecified atom stereocenters. The molecule has 1 aliphatic carbocycles. The summed E-state index contributed by atoms with van der Waals surface area (Å²) in [6.45, 7) is 1.00. The van der Waals surface area contributed by atoms with Crippen molar-refractivity contribution in [3.8, 4) is 11.1 Å². The number of amides is 1. The van der Waals surface area contributed by atoms with Gasteiger partial charge in [0.25, 0.3) is 0 Å². The first-order chi connectivity index (χ1) is 22.5. The Hall–Kier alpha value is -4.58. The van der Waals surface area contributed by atoms with Gasteiger partial charge >= 0.3 is 5.97 Å². The SMILES string of the molecule is CNS(=O)(=O)c1ccc(-c2ccc(S(=O)(=O)NC(CNC(=O)C3=CCC4C(C=NN4CCCNc4ncc[nH]4)C3)C(=O)O)cc2)cc1. The number of rotatable bonds is 15. The number of fused-ring (bicyclic) bond motifs is 1. The molecule has 1 aromatic heterocycles. The number of sulfonamides is 2. The third kappa shape index (κ3) is 8.23. The van der Waals surface area contributed by atoms with Crippen LogP contribution in [0.15, 0.2) is 87.5 Å². The zero-order valence-electron chi connectivity index (χ0n) is 25.5. The summed E-state index contributed by atoms with van der Waals surface area (Å²) in [5.41, 5.74) is 1.78. The molecule has 3 atom stereocenters. The Morgan fingerprint density at radius 1 is 1.02 bits per heavy atom.